The second kappa shape index (κ2) is 8.71. The summed E-state index contributed by atoms with van der Waals surface area (Å²) in [6.45, 7) is 14.6. The summed E-state index contributed by atoms with van der Waals surface area (Å²) in [6.07, 6.45) is 2.73. The lowest BCUT2D eigenvalue weighted by atomic mass is 9.94. The molecule has 0 bridgehead atoms. The highest BCUT2D eigenvalue weighted by Crippen LogP contribution is 2.16. The molecule has 2 unspecified atom stereocenters. The second-order valence-electron chi connectivity index (χ2n) is 6.40. The predicted molar refractivity (Wildman–Crippen MR) is 86.7 cm³/mol. The first-order valence-electron chi connectivity index (χ1n) is 8.37. The topological polar surface area (TPSA) is 55.8 Å². The van der Waals surface area contributed by atoms with Gasteiger partial charge < -0.3 is 15.3 Å². The first kappa shape index (κ1) is 18.4. The van der Waals surface area contributed by atoms with Crippen molar-refractivity contribution in [2.45, 2.75) is 58.5 Å². The number of rotatable bonds is 9. The van der Waals surface area contributed by atoms with Crippen molar-refractivity contribution in [1.29, 1.82) is 0 Å². The minimum Gasteiger partial charge on any atom is -0.480 e. The van der Waals surface area contributed by atoms with Gasteiger partial charge in [-0.1, -0.05) is 13.8 Å². The number of hydrogen-bond acceptors (Lipinski definition) is 4. The van der Waals surface area contributed by atoms with Crippen LogP contribution in [0.1, 0.15) is 47.0 Å². The lowest BCUT2D eigenvalue weighted by Gasteiger charge is -2.39. The molecule has 2 atom stereocenters. The molecule has 0 amide bonds. The van der Waals surface area contributed by atoms with Crippen LogP contribution in [0.2, 0.25) is 0 Å². The number of nitrogens with zero attached hydrogens (tertiary/aromatic N) is 2. The van der Waals surface area contributed by atoms with Gasteiger partial charge in [0.2, 0.25) is 0 Å². The summed E-state index contributed by atoms with van der Waals surface area (Å²) in [5.41, 5.74) is -0.775. The van der Waals surface area contributed by atoms with Crippen molar-refractivity contribution in [1.82, 2.24) is 15.1 Å². The van der Waals surface area contributed by atoms with E-state index in [0.29, 0.717) is 19.0 Å². The maximum atomic E-state index is 11.3. The lowest BCUT2D eigenvalue weighted by molar-refractivity contribution is -0.144. The molecule has 2 N–H and O–H groups in total. The Balaban J connectivity index is 2.26. The quantitative estimate of drug-likeness (QED) is 0.634. The maximum Gasteiger partial charge on any atom is 0.323 e. The van der Waals surface area contributed by atoms with Gasteiger partial charge in [0.05, 0.1) is 0 Å². The highest BCUT2D eigenvalue weighted by atomic mass is 16.4. The molecule has 1 rings (SSSR count). The van der Waals surface area contributed by atoms with E-state index in [1.54, 1.807) is 6.92 Å². The standard InChI is InChI=1S/C16H33N3O2/c1-5-17-16(4,15(20)21)9-7-8-10-18-11-12-19(6-2)14(3)13-18/h14,17H,5-13H2,1-4H3,(H,20,21). The van der Waals surface area contributed by atoms with Gasteiger partial charge in [0, 0.05) is 25.7 Å². The number of likely N-dealkylation sites (N-methyl/N-ethyl adjacent to an activating group) is 2. The van der Waals surface area contributed by atoms with Gasteiger partial charge in [-0.25, -0.2) is 0 Å². The zero-order valence-corrected chi connectivity index (χ0v) is 14.2. The Hall–Kier alpha value is -0.650. The fraction of sp³-hybridized carbons (Fsp3) is 0.938. The van der Waals surface area contributed by atoms with Crippen LogP contribution in [0.25, 0.3) is 0 Å². The van der Waals surface area contributed by atoms with Crippen molar-refractivity contribution in [2.75, 3.05) is 39.3 Å². The summed E-state index contributed by atoms with van der Waals surface area (Å²) < 4.78 is 0. The van der Waals surface area contributed by atoms with Gasteiger partial charge in [0.25, 0.3) is 0 Å². The third-order valence-corrected chi connectivity index (χ3v) is 4.70. The summed E-state index contributed by atoms with van der Waals surface area (Å²) in [5.74, 6) is -0.741. The van der Waals surface area contributed by atoms with Crippen LogP contribution in [-0.2, 0) is 4.79 Å². The highest BCUT2D eigenvalue weighted by molar-refractivity contribution is 5.78. The Bertz CT molecular complexity index is 325. The molecule has 1 fully saturated rings. The number of carbonyl (C=O) groups is 1. The minimum absolute atomic E-state index is 0.634. The molecule has 1 saturated heterocycles. The molecule has 1 aliphatic heterocycles. The largest absolute Gasteiger partial charge is 0.480 e. The van der Waals surface area contributed by atoms with Crippen LogP contribution in [-0.4, -0.2) is 71.7 Å². The van der Waals surface area contributed by atoms with Crippen LogP contribution in [0, 0.1) is 0 Å². The SMILES string of the molecule is CCNC(C)(CCCCN1CCN(CC)C(C)C1)C(=O)O. The zero-order valence-electron chi connectivity index (χ0n) is 14.2. The van der Waals surface area contributed by atoms with Gasteiger partial charge in [-0.2, -0.15) is 0 Å². The summed E-state index contributed by atoms with van der Waals surface area (Å²) in [6, 6.07) is 0.634. The van der Waals surface area contributed by atoms with Gasteiger partial charge in [-0.15, -0.1) is 0 Å². The molecule has 1 aliphatic rings. The molecular formula is C16H33N3O2. The number of carboxylic acids is 1. The van der Waals surface area contributed by atoms with E-state index in [9.17, 15) is 9.90 Å². The minimum atomic E-state index is -0.775. The van der Waals surface area contributed by atoms with Crippen molar-refractivity contribution in [3.05, 3.63) is 0 Å². The molecule has 0 saturated carbocycles. The first-order chi connectivity index (χ1) is 9.92. The van der Waals surface area contributed by atoms with Crippen LogP contribution in [0.4, 0.5) is 0 Å². The number of carboxylic acid groups (broad SMARTS) is 1. The van der Waals surface area contributed by atoms with Crippen LogP contribution < -0.4 is 5.32 Å². The third-order valence-electron chi connectivity index (χ3n) is 4.70. The van der Waals surface area contributed by atoms with E-state index < -0.39 is 11.5 Å². The van der Waals surface area contributed by atoms with E-state index in [2.05, 4.69) is 29.0 Å². The highest BCUT2D eigenvalue weighted by Gasteiger charge is 2.31. The predicted octanol–water partition coefficient (Wildman–Crippen LogP) is 1.64. The van der Waals surface area contributed by atoms with Crippen LogP contribution >= 0.6 is 0 Å². The van der Waals surface area contributed by atoms with Crippen molar-refractivity contribution in [3.8, 4) is 0 Å². The summed E-state index contributed by atoms with van der Waals surface area (Å²) in [5, 5.41) is 12.4. The van der Waals surface area contributed by atoms with Crippen molar-refractivity contribution >= 4 is 5.97 Å². The van der Waals surface area contributed by atoms with Gasteiger partial charge in [-0.3, -0.25) is 9.69 Å². The Morgan fingerprint density at radius 3 is 2.57 bits per heavy atom. The second-order valence-corrected chi connectivity index (χ2v) is 6.40. The normalized spacial score (nSPS) is 23.9. The fourth-order valence-electron chi connectivity index (χ4n) is 3.22. The molecule has 0 aromatic carbocycles. The molecule has 1 heterocycles. The monoisotopic (exact) mass is 299 g/mol. The third kappa shape index (κ3) is 5.57. The molecule has 21 heavy (non-hydrogen) atoms. The molecule has 5 nitrogen and oxygen atoms in total. The zero-order chi connectivity index (χ0) is 15.9. The molecule has 5 heteroatoms. The molecule has 0 aromatic rings. The van der Waals surface area contributed by atoms with E-state index in [4.69, 9.17) is 0 Å². The number of unbranched alkanes of at least 4 members (excludes halogenated alkanes) is 1. The summed E-state index contributed by atoms with van der Waals surface area (Å²) in [4.78, 5) is 16.4. The van der Waals surface area contributed by atoms with E-state index in [1.165, 1.54) is 0 Å². The van der Waals surface area contributed by atoms with Gasteiger partial charge >= 0.3 is 5.97 Å². The van der Waals surface area contributed by atoms with Gasteiger partial charge in [0.15, 0.2) is 0 Å². The molecule has 0 aliphatic carbocycles. The van der Waals surface area contributed by atoms with E-state index in [1.807, 2.05) is 6.92 Å². The van der Waals surface area contributed by atoms with Gasteiger partial charge in [0.1, 0.15) is 5.54 Å². The fourth-order valence-corrected chi connectivity index (χ4v) is 3.22. The Morgan fingerprint density at radius 2 is 2.05 bits per heavy atom. The first-order valence-corrected chi connectivity index (χ1v) is 8.37. The Kier molecular flexibility index (Phi) is 7.63. The van der Waals surface area contributed by atoms with Gasteiger partial charge in [-0.05, 0) is 52.7 Å². The smallest absolute Gasteiger partial charge is 0.323 e. The van der Waals surface area contributed by atoms with Crippen LogP contribution in [0.5, 0.6) is 0 Å². The number of piperazine rings is 1. The molecule has 0 radical (unpaired) electrons. The summed E-state index contributed by atoms with van der Waals surface area (Å²) >= 11 is 0. The number of aliphatic carboxylic acids is 1. The lowest BCUT2D eigenvalue weighted by Crippen LogP contribution is -2.52. The van der Waals surface area contributed by atoms with E-state index >= 15 is 0 Å². The van der Waals surface area contributed by atoms with Crippen molar-refractivity contribution in [3.63, 3.8) is 0 Å². The van der Waals surface area contributed by atoms with Crippen molar-refractivity contribution < 1.29 is 9.90 Å². The van der Waals surface area contributed by atoms with Crippen molar-refractivity contribution in [2.24, 2.45) is 0 Å². The van der Waals surface area contributed by atoms with E-state index in [0.717, 1.165) is 45.6 Å². The average molecular weight is 299 g/mol. The molecule has 0 spiro atoms. The molecular weight excluding hydrogens is 266 g/mol. The molecule has 0 aromatic heterocycles. The Labute approximate surface area is 129 Å². The Morgan fingerprint density at radius 1 is 1.33 bits per heavy atom. The summed E-state index contributed by atoms with van der Waals surface area (Å²) in [7, 11) is 0. The maximum absolute atomic E-state index is 11.3. The number of nitrogens with one attached hydrogen (secondary N) is 1. The van der Waals surface area contributed by atoms with Crippen LogP contribution in [0.15, 0.2) is 0 Å². The molecule has 124 valence electrons. The van der Waals surface area contributed by atoms with Crippen LogP contribution in [0.3, 0.4) is 0 Å². The average Bonchev–Trinajstić information content (AvgIpc) is 2.44. The van der Waals surface area contributed by atoms with E-state index in [-0.39, 0.29) is 0 Å². The number of hydrogen-bond donors (Lipinski definition) is 2.